The van der Waals surface area contributed by atoms with E-state index >= 15 is 0 Å². The van der Waals surface area contributed by atoms with Gasteiger partial charge in [0.05, 0.1) is 19.8 Å². The highest BCUT2D eigenvalue weighted by Gasteiger charge is 2.19. The zero-order valence-electron chi connectivity index (χ0n) is 13.4. The van der Waals surface area contributed by atoms with Crippen molar-refractivity contribution in [3.8, 4) is 5.88 Å². The molecule has 2 aromatic heterocycles. The monoisotopic (exact) mass is 315 g/mol. The van der Waals surface area contributed by atoms with Crippen LogP contribution in [0.5, 0.6) is 5.88 Å². The lowest BCUT2D eigenvalue weighted by Gasteiger charge is -2.18. The highest BCUT2D eigenvalue weighted by molar-refractivity contribution is 5.94. The molecule has 1 aliphatic heterocycles. The van der Waals surface area contributed by atoms with Gasteiger partial charge in [0.2, 0.25) is 5.88 Å². The smallest absolute Gasteiger partial charge is 0.254 e. The predicted molar refractivity (Wildman–Crippen MR) is 85.3 cm³/mol. The number of nitrogens with zero attached hydrogens (tertiary/aromatic N) is 3. The molecule has 1 fully saturated rings. The molecule has 23 heavy (non-hydrogen) atoms. The number of aryl methyl sites for hydroxylation is 1. The molecule has 3 heterocycles. The molecule has 0 saturated carbocycles. The summed E-state index contributed by atoms with van der Waals surface area (Å²) < 4.78 is 13.0. The van der Waals surface area contributed by atoms with Crippen LogP contribution in [0.3, 0.4) is 0 Å². The SMILES string of the molecule is CN(Cc1cccn1C)C(=O)c1ccnc(O[C@@H]2CCOC2)c1. The number of carbonyl (C=O) groups is 1. The van der Waals surface area contributed by atoms with E-state index in [4.69, 9.17) is 9.47 Å². The Labute approximate surface area is 135 Å². The number of hydrogen-bond acceptors (Lipinski definition) is 4. The van der Waals surface area contributed by atoms with Crippen LogP contribution < -0.4 is 4.74 Å². The summed E-state index contributed by atoms with van der Waals surface area (Å²) in [5.41, 5.74) is 1.65. The minimum atomic E-state index is -0.0545. The maximum absolute atomic E-state index is 12.6. The number of pyridine rings is 1. The van der Waals surface area contributed by atoms with Crippen molar-refractivity contribution >= 4 is 5.91 Å². The fourth-order valence-corrected chi connectivity index (χ4v) is 2.58. The molecule has 3 rings (SSSR count). The van der Waals surface area contributed by atoms with Crippen LogP contribution in [-0.4, -0.2) is 46.7 Å². The number of carbonyl (C=O) groups excluding carboxylic acids is 1. The molecule has 0 aromatic carbocycles. The third-order valence-corrected chi connectivity index (χ3v) is 3.95. The van der Waals surface area contributed by atoms with Gasteiger partial charge in [-0.3, -0.25) is 4.79 Å². The number of aromatic nitrogens is 2. The van der Waals surface area contributed by atoms with Gasteiger partial charge in [-0.2, -0.15) is 0 Å². The van der Waals surface area contributed by atoms with Crippen molar-refractivity contribution in [2.75, 3.05) is 20.3 Å². The number of ether oxygens (including phenoxy) is 2. The van der Waals surface area contributed by atoms with Crippen molar-refractivity contribution < 1.29 is 14.3 Å². The molecule has 1 aliphatic rings. The maximum atomic E-state index is 12.6. The van der Waals surface area contributed by atoms with E-state index in [1.165, 1.54) is 0 Å². The Balaban J connectivity index is 1.67. The standard InChI is InChI=1S/C17H21N3O3/c1-19-8-3-4-14(19)11-20(2)17(21)13-5-7-18-16(10-13)23-15-6-9-22-12-15/h3-5,7-8,10,15H,6,9,11-12H2,1-2H3/t15-/m1/s1. The quantitative estimate of drug-likeness (QED) is 0.845. The van der Waals surface area contributed by atoms with Gasteiger partial charge in [0.25, 0.3) is 5.91 Å². The first-order valence-corrected chi connectivity index (χ1v) is 7.69. The Bertz CT molecular complexity index is 677. The predicted octanol–water partition coefficient (Wildman–Crippen LogP) is 1.86. The summed E-state index contributed by atoms with van der Waals surface area (Å²) in [7, 11) is 3.76. The van der Waals surface area contributed by atoms with Crippen molar-refractivity contribution in [1.82, 2.24) is 14.5 Å². The number of hydrogen-bond donors (Lipinski definition) is 0. The molecule has 122 valence electrons. The molecular weight excluding hydrogens is 294 g/mol. The van der Waals surface area contributed by atoms with Crippen molar-refractivity contribution in [2.24, 2.45) is 7.05 Å². The number of rotatable bonds is 5. The van der Waals surface area contributed by atoms with Gasteiger partial charge in [-0.15, -0.1) is 0 Å². The Kier molecular flexibility index (Phi) is 4.62. The summed E-state index contributed by atoms with van der Waals surface area (Å²) in [6, 6.07) is 7.38. The van der Waals surface area contributed by atoms with E-state index in [0.29, 0.717) is 31.2 Å². The zero-order chi connectivity index (χ0) is 16.2. The lowest BCUT2D eigenvalue weighted by molar-refractivity contribution is 0.0781. The van der Waals surface area contributed by atoms with E-state index in [9.17, 15) is 4.79 Å². The largest absolute Gasteiger partial charge is 0.472 e. The summed E-state index contributed by atoms with van der Waals surface area (Å²) in [5.74, 6) is 0.416. The minimum Gasteiger partial charge on any atom is -0.472 e. The highest BCUT2D eigenvalue weighted by Crippen LogP contribution is 2.17. The van der Waals surface area contributed by atoms with Crippen LogP contribution in [0.25, 0.3) is 0 Å². The van der Waals surface area contributed by atoms with Crippen LogP contribution >= 0.6 is 0 Å². The Hall–Kier alpha value is -2.34. The van der Waals surface area contributed by atoms with Gasteiger partial charge in [0.15, 0.2) is 0 Å². The van der Waals surface area contributed by atoms with E-state index in [1.54, 1.807) is 30.3 Å². The molecule has 0 spiro atoms. The first kappa shape index (κ1) is 15.6. The fourth-order valence-electron chi connectivity index (χ4n) is 2.58. The zero-order valence-corrected chi connectivity index (χ0v) is 13.4. The molecule has 1 saturated heterocycles. The Morgan fingerprint density at radius 3 is 3.09 bits per heavy atom. The van der Waals surface area contributed by atoms with Crippen molar-refractivity contribution in [2.45, 2.75) is 19.1 Å². The number of amides is 1. The first-order valence-electron chi connectivity index (χ1n) is 7.69. The summed E-state index contributed by atoms with van der Waals surface area (Å²) in [5, 5.41) is 0. The summed E-state index contributed by atoms with van der Waals surface area (Å²) >= 11 is 0. The molecule has 1 atom stereocenters. The molecule has 0 N–H and O–H groups in total. The molecule has 0 aliphatic carbocycles. The molecule has 6 nitrogen and oxygen atoms in total. The van der Waals surface area contributed by atoms with Crippen LogP contribution in [0.1, 0.15) is 22.5 Å². The normalized spacial score (nSPS) is 17.2. The second kappa shape index (κ2) is 6.83. The second-order valence-electron chi connectivity index (χ2n) is 5.76. The first-order chi connectivity index (χ1) is 11.1. The van der Waals surface area contributed by atoms with Gasteiger partial charge < -0.3 is 18.9 Å². The van der Waals surface area contributed by atoms with Crippen molar-refractivity contribution in [3.05, 3.63) is 47.9 Å². The summed E-state index contributed by atoms with van der Waals surface area (Å²) in [6.07, 6.45) is 4.45. The third kappa shape index (κ3) is 3.71. The van der Waals surface area contributed by atoms with Gasteiger partial charge >= 0.3 is 0 Å². The van der Waals surface area contributed by atoms with Gasteiger partial charge in [-0.25, -0.2) is 4.98 Å². The Morgan fingerprint density at radius 1 is 1.52 bits per heavy atom. The van der Waals surface area contributed by atoms with E-state index in [2.05, 4.69) is 4.98 Å². The third-order valence-electron chi connectivity index (χ3n) is 3.95. The van der Waals surface area contributed by atoms with E-state index in [0.717, 1.165) is 12.1 Å². The summed E-state index contributed by atoms with van der Waals surface area (Å²) in [6.45, 7) is 1.84. The average Bonchev–Trinajstić information content (AvgIpc) is 3.19. The van der Waals surface area contributed by atoms with Crippen LogP contribution in [-0.2, 0) is 18.3 Å². The lowest BCUT2D eigenvalue weighted by Crippen LogP contribution is -2.27. The van der Waals surface area contributed by atoms with E-state index < -0.39 is 0 Å². The molecule has 0 radical (unpaired) electrons. The van der Waals surface area contributed by atoms with Crippen LogP contribution in [0, 0.1) is 0 Å². The topological polar surface area (TPSA) is 56.6 Å². The van der Waals surface area contributed by atoms with Crippen LogP contribution in [0.2, 0.25) is 0 Å². The minimum absolute atomic E-state index is 0.0222. The fraction of sp³-hybridized carbons (Fsp3) is 0.412. The second-order valence-corrected chi connectivity index (χ2v) is 5.76. The van der Waals surface area contributed by atoms with Crippen molar-refractivity contribution in [1.29, 1.82) is 0 Å². The lowest BCUT2D eigenvalue weighted by atomic mass is 10.2. The van der Waals surface area contributed by atoms with Gasteiger partial charge in [-0.1, -0.05) is 0 Å². The molecule has 2 aromatic rings. The van der Waals surface area contributed by atoms with Crippen LogP contribution in [0.15, 0.2) is 36.7 Å². The Morgan fingerprint density at radius 2 is 2.39 bits per heavy atom. The summed E-state index contributed by atoms with van der Waals surface area (Å²) in [4.78, 5) is 18.4. The van der Waals surface area contributed by atoms with Gasteiger partial charge in [0, 0.05) is 50.2 Å². The average molecular weight is 315 g/mol. The molecular formula is C17H21N3O3. The maximum Gasteiger partial charge on any atom is 0.254 e. The van der Waals surface area contributed by atoms with E-state index in [1.807, 2.05) is 29.9 Å². The van der Waals surface area contributed by atoms with Gasteiger partial charge in [0.1, 0.15) is 6.10 Å². The van der Waals surface area contributed by atoms with E-state index in [-0.39, 0.29) is 12.0 Å². The molecule has 0 unspecified atom stereocenters. The van der Waals surface area contributed by atoms with Crippen molar-refractivity contribution in [3.63, 3.8) is 0 Å². The molecule has 1 amide bonds. The molecule has 0 bridgehead atoms. The van der Waals surface area contributed by atoms with Crippen LogP contribution in [0.4, 0.5) is 0 Å². The molecule has 6 heteroatoms. The van der Waals surface area contributed by atoms with Gasteiger partial charge in [-0.05, 0) is 18.2 Å². The highest BCUT2D eigenvalue weighted by atomic mass is 16.5.